The van der Waals surface area contributed by atoms with Gasteiger partial charge >= 0.3 is 0 Å². The molecular formula is C16H23N3O3S. The van der Waals surface area contributed by atoms with Crippen molar-refractivity contribution < 1.29 is 14.4 Å². The number of nitrogens with one attached hydrogen (secondary N) is 1. The first-order valence-electron chi connectivity index (χ1n) is 7.82. The molecule has 0 aliphatic carbocycles. The largest absolute Gasteiger partial charge is 0.368 e. The zero-order valence-electron chi connectivity index (χ0n) is 13.5. The minimum Gasteiger partial charge on any atom is -0.368 e. The van der Waals surface area contributed by atoms with Gasteiger partial charge in [0.15, 0.2) is 0 Å². The lowest BCUT2D eigenvalue weighted by atomic mass is 9.95. The molecule has 2 rings (SSSR count). The summed E-state index contributed by atoms with van der Waals surface area (Å²) in [7, 11) is 0. The van der Waals surface area contributed by atoms with E-state index in [1.54, 1.807) is 11.0 Å². The Morgan fingerprint density at radius 3 is 2.70 bits per heavy atom. The van der Waals surface area contributed by atoms with Gasteiger partial charge in [-0.05, 0) is 30.2 Å². The van der Waals surface area contributed by atoms with Crippen LogP contribution in [0.4, 0.5) is 0 Å². The summed E-state index contributed by atoms with van der Waals surface area (Å²) in [6.07, 6.45) is 1.49. The Balaban J connectivity index is 1.99. The Morgan fingerprint density at radius 2 is 2.13 bits per heavy atom. The van der Waals surface area contributed by atoms with Crippen molar-refractivity contribution in [3.05, 3.63) is 22.4 Å². The zero-order chi connectivity index (χ0) is 17.0. The summed E-state index contributed by atoms with van der Waals surface area (Å²) in [4.78, 5) is 38.6. The van der Waals surface area contributed by atoms with Crippen molar-refractivity contribution >= 4 is 29.1 Å². The van der Waals surface area contributed by atoms with Gasteiger partial charge in [-0.1, -0.05) is 19.9 Å². The summed E-state index contributed by atoms with van der Waals surface area (Å²) in [5.74, 6) is -1.13. The number of likely N-dealkylation sites (tertiary alicyclic amines) is 1. The second-order valence-electron chi connectivity index (χ2n) is 6.20. The number of rotatable bonds is 5. The number of amides is 3. The maximum atomic E-state index is 12.4. The van der Waals surface area contributed by atoms with E-state index < -0.39 is 11.9 Å². The number of carbonyl (C=O) groups is 3. The molecule has 1 aliphatic heterocycles. The third-order valence-electron chi connectivity index (χ3n) is 4.08. The monoisotopic (exact) mass is 337 g/mol. The van der Waals surface area contributed by atoms with Crippen LogP contribution in [0, 0.1) is 11.8 Å². The number of carbonyl (C=O) groups excluding carboxylic acids is 3. The van der Waals surface area contributed by atoms with Gasteiger partial charge in [-0.25, -0.2) is 0 Å². The Bertz CT molecular complexity index is 571. The molecule has 1 saturated heterocycles. The molecule has 0 bridgehead atoms. The van der Waals surface area contributed by atoms with Gasteiger partial charge in [0.05, 0.1) is 10.8 Å². The fourth-order valence-corrected chi connectivity index (χ4v) is 3.46. The van der Waals surface area contributed by atoms with Crippen LogP contribution < -0.4 is 11.1 Å². The van der Waals surface area contributed by atoms with E-state index in [9.17, 15) is 14.4 Å². The van der Waals surface area contributed by atoms with Gasteiger partial charge in [-0.15, -0.1) is 11.3 Å². The number of nitrogens with two attached hydrogens (primary N) is 1. The second kappa shape index (κ2) is 7.59. The van der Waals surface area contributed by atoms with E-state index in [2.05, 4.69) is 5.32 Å². The average molecular weight is 337 g/mol. The highest BCUT2D eigenvalue weighted by atomic mass is 32.1. The minimum atomic E-state index is -0.675. The molecule has 2 heterocycles. The van der Waals surface area contributed by atoms with Crippen LogP contribution in [0.3, 0.4) is 0 Å². The maximum absolute atomic E-state index is 12.4. The quantitative estimate of drug-likeness (QED) is 0.846. The topological polar surface area (TPSA) is 92.5 Å². The van der Waals surface area contributed by atoms with Crippen LogP contribution in [-0.2, 0) is 9.59 Å². The van der Waals surface area contributed by atoms with Crippen LogP contribution in [-0.4, -0.2) is 41.8 Å². The van der Waals surface area contributed by atoms with E-state index in [0.717, 1.165) is 6.42 Å². The summed E-state index contributed by atoms with van der Waals surface area (Å²) in [5, 5.41) is 4.59. The highest BCUT2D eigenvalue weighted by Crippen LogP contribution is 2.21. The Kier molecular flexibility index (Phi) is 5.76. The van der Waals surface area contributed by atoms with E-state index in [4.69, 9.17) is 5.73 Å². The predicted octanol–water partition coefficient (Wildman–Crippen LogP) is 1.23. The van der Waals surface area contributed by atoms with Crippen molar-refractivity contribution in [2.45, 2.75) is 32.7 Å². The van der Waals surface area contributed by atoms with Crippen LogP contribution in [0.2, 0.25) is 0 Å². The summed E-state index contributed by atoms with van der Waals surface area (Å²) in [5.41, 5.74) is 5.34. The molecule has 7 heteroatoms. The smallest absolute Gasteiger partial charge is 0.263 e. The van der Waals surface area contributed by atoms with Crippen LogP contribution >= 0.6 is 11.3 Å². The molecule has 0 saturated carbocycles. The first-order chi connectivity index (χ1) is 10.9. The molecule has 0 aromatic carbocycles. The summed E-state index contributed by atoms with van der Waals surface area (Å²) >= 11 is 1.40. The molecule has 1 aromatic heterocycles. The van der Waals surface area contributed by atoms with Crippen molar-refractivity contribution in [2.24, 2.45) is 17.6 Å². The molecule has 1 aromatic rings. The molecule has 2 unspecified atom stereocenters. The molecule has 0 spiro atoms. The SMILES string of the molecule is CC(C)C(NC(=O)C1CCCN(C(=O)c2cccs2)C1)C(N)=O. The number of thiophene rings is 1. The van der Waals surface area contributed by atoms with Crippen molar-refractivity contribution in [1.82, 2.24) is 10.2 Å². The molecule has 3 amide bonds. The molecule has 6 nitrogen and oxygen atoms in total. The number of primary amides is 1. The fourth-order valence-electron chi connectivity index (χ4n) is 2.77. The van der Waals surface area contributed by atoms with Gasteiger partial charge in [0.2, 0.25) is 11.8 Å². The van der Waals surface area contributed by atoms with Gasteiger partial charge in [-0.2, -0.15) is 0 Å². The second-order valence-corrected chi connectivity index (χ2v) is 7.15. The van der Waals surface area contributed by atoms with E-state index >= 15 is 0 Å². The third kappa shape index (κ3) is 4.31. The van der Waals surface area contributed by atoms with Gasteiger partial charge in [0.1, 0.15) is 6.04 Å². The van der Waals surface area contributed by atoms with Crippen molar-refractivity contribution in [1.29, 1.82) is 0 Å². The van der Waals surface area contributed by atoms with Crippen molar-refractivity contribution in [2.75, 3.05) is 13.1 Å². The van der Waals surface area contributed by atoms with Gasteiger partial charge in [-0.3, -0.25) is 14.4 Å². The van der Waals surface area contributed by atoms with Crippen LogP contribution in [0.5, 0.6) is 0 Å². The van der Waals surface area contributed by atoms with Gasteiger partial charge < -0.3 is 16.0 Å². The highest BCUT2D eigenvalue weighted by molar-refractivity contribution is 7.12. The third-order valence-corrected chi connectivity index (χ3v) is 4.94. The first-order valence-corrected chi connectivity index (χ1v) is 8.70. The summed E-state index contributed by atoms with van der Waals surface area (Å²) < 4.78 is 0. The summed E-state index contributed by atoms with van der Waals surface area (Å²) in [6, 6.07) is 2.95. The molecule has 1 aliphatic rings. The van der Waals surface area contributed by atoms with Crippen molar-refractivity contribution in [3.8, 4) is 0 Å². The molecule has 2 atom stereocenters. The van der Waals surface area contributed by atoms with Gasteiger partial charge in [0.25, 0.3) is 5.91 Å². The fraction of sp³-hybridized carbons (Fsp3) is 0.562. The van der Waals surface area contributed by atoms with E-state index in [-0.39, 0.29) is 23.7 Å². The highest BCUT2D eigenvalue weighted by Gasteiger charge is 2.31. The number of hydrogen-bond donors (Lipinski definition) is 2. The molecule has 23 heavy (non-hydrogen) atoms. The Labute approximate surface area is 140 Å². The van der Waals surface area contributed by atoms with E-state index in [1.165, 1.54) is 11.3 Å². The predicted molar refractivity (Wildman–Crippen MR) is 88.9 cm³/mol. The normalized spacial score (nSPS) is 19.4. The van der Waals surface area contributed by atoms with Crippen molar-refractivity contribution in [3.63, 3.8) is 0 Å². The Morgan fingerprint density at radius 1 is 1.39 bits per heavy atom. The first kappa shape index (κ1) is 17.5. The molecule has 1 fully saturated rings. The summed E-state index contributed by atoms with van der Waals surface area (Å²) in [6.45, 7) is 4.71. The van der Waals surface area contributed by atoms with Gasteiger partial charge in [0, 0.05) is 13.1 Å². The minimum absolute atomic E-state index is 0.0344. The molecular weight excluding hydrogens is 314 g/mol. The molecule has 3 N–H and O–H groups in total. The molecule has 0 radical (unpaired) electrons. The number of piperidine rings is 1. The maximum Gasteiger partial charge on any atom is 0.263 e. The van der Waals surface area contributed by atoms with E-state index in [0.29, 0.717) is 24.4 Å². The lowest BCUT2D eigenvalue weighted by Gasteiger charge is -2.32. The number of nitrogens with zero attached hydrogens (tertiary/aromatic N) is 1. The lowest BCUT2D eigenvalue weighted by Crippen LogP contribution is -2.52. The zero-order valence-corrected chi connectivity index (χ0v) is 14.3. The van der Waals surface area contributed by atoms with Crippen LogP contribution in [0.15, 0.2) is 17.5 Å². The molecule has 126 valence electrons. The standard InChI is InChI=1S/C16H23N3O3S/c1-10(2)13(14(17)20)18-15(21)11-5-3-7-19(9-11)16(22)12-6-4-8-23-12/h4,6,8,10-11,13H,3,5,7,9H2,1-2H3,(H2,17,20)(H,18,21). The van der Waals surface area contributed by atoms with Crippen LogP contribution in [0.25, 0.3) is 0 Å². The Hall–Kier alpha value is -1.89. The van der Waals surface area contributed by atoms with Crippen LogP contribution in [0.1, 0.15) is 36.4 Å². The lowest BCUT2D eigenvalue weighted by molar-refractivity contribution is -0.131. The average Bonchev–Trinajstić information content (AvgIpc) is 3.05. The van der Waals surface area contributed by atoms with E-state index in [1.807, 2.05) is 25.3 Å². The number of hydrogen-bond acceptors (Lipinski definition) is 4.